The van der Waals surface area contributed by atoms with Gasteiger partial charge in [-0.3, -0.25) is 4.79 Å². The number of hydrogen-bond acceptors (Lipinski definition) is 1. The van der Waals surface area contributed by atoms with Gasteiger partial charge in [0.1, 0.15) is 11.6 Å². The monoisotopic (exact) mass is 286 g/mol. The zero-order valence-corrected chi connectivity index (χ0v) is 9.84. The number of hydrogen-bond donors (Lipinski definition) is 0. The minimum atomic E-state index is -4.92. The van der Waals surface area contributed by atoms with Gasteiger partial charge in [-0.1, -0.05) is 12.1 Å². The van der Waals surface area contributed by atoms with Crippen molar-refractivity contribution in [1.82, 2.24) is 0 Å². The van der Waals surface area contributed by atoms with Gasteiger partial charge in [-0.25, -0.2) is 8.78 Å². The first-order chi connectivity index (χ1) is 9.30. The molecule has 1 nitrogen and oxygen atoms in total. The Labute approximate surface area is 110 Å². The Morgan fingerprint density at radius 3 is 2.15 bits per heavy atom. The van der Waals surface area contributed by atoms with E-state index in [1.165, 1.54) is 12.1 Å². The summed E-state index contributed by atoms with van der Waals surface area (Å²) in [4.78, 5) is 11.9. The third kappa shape index (κ3) is 2.68. The zero-order valence-electron chi connectivity index (χ0n) is 9.84. The minimum absolute atomic E-state index is 0.368. The second-order valence-corrected chi connectivity index (χ2v) is 4.00. The fraction of sp³-hybridized carbons (Fsp3) is 0.0714. The van der Waals surface area contributed by atoms with Gasteiger partial charge in [-0.2, -0.15) is 13.2 Å². The van der Waals surface area contributed by atoms with E-state index in [9.17, 15) is 26.7 Å². The molecule has 0 aromatic heterocycles. The average molecular weight is 286 g/mol. The standard InChI is InChI=1S/C14H7F5O/c15-11-4-2-1-3-9(11)13(20)8-5-6-12(16)10(7-8)14(17,18)19/h1-7H. The summed E-state index contributed by atoms with van der Waals surface area (Å²) in [5, 5.41) is 0. The maximum Gasteiger partial charge on any atom is 0.419 e. The molecule has 0 heterocycles. The van der Waals surface area contributed by atoms with Crippen LogP contribution in [-0.4, -0.2) is 5.78 Å². The Balaban J connectivity index is 2.50. The van der Waals surface area contributed by atoms with Crippen LogP contribution in [0.2, 0.25) is 0 Å². The quantitative estimate of drug-likeness (QED) is 0.597. The van der Waals surface area contributed by atoms with Crippen molar-refractivity contribution in [3.63, 3.8) is 0 Å². The average Bonchev–Trinajstić information content (AvgIpc) is 2.37. The predicted octanol–water partition coefficient (Wildman–Crippen LogP) is 4.21. The third-order valence-electron chi connectivity index (χ3n) is 2.65. The maximum absolute atomic E-state index is 13.4. The second kappa shape index (κ2) is 5.03. The van der Waals surface area contributed by atoms with E-state index < -0.39 is 34.7 Å². The molecule has 20 heavy (non-hydrogen) atoms. The molecule has 0 aliphatic carbocycles. The Kier molecular flexibility index (Phi) is 3.57. The molecule has 0 saturated heterocycles. The van der Waals surface area contributed by atoms with Crippen LogP contribution >= 0.6 is 0 Å². The normalized spacial score (nSPS) is 11.4. The van der Waals surface area contributed by atoms with E-state index in [4.69, 9.17) is 0 Å². The van der Waals surface area contributed by atoms with Crippen LogP contribution in [0.3, 0.4) is 0 Å². The molecular formula is C14H7F5O. The van der Waals surface area contributed by atoms with Gasteiger partial charge in [-0.05, 0) is 30.3 Å². The van der Waals surface area contributed by atoms with Gasteiger partial charge >= 0.3 is 6.18 Å². The molecule has 0 spiro atoms. The number of carbonyl (C=O) groups excluding carboxylic acids is 1. The lowest BCUT2D eigenvalue weighted by molar-refractivity contribution is -0.140. The number of ketones is 1. The number of carbonyl (C=O) groups is 1. The lowest BCUT2D eigenvalue weighted by Crippen LogP contribution is -2.11. The summed E-state index contributed by atoms with van der Waals surface area (Å²) in [6.07, 6.45) is -4.92. The molecule has 0 aliphatic heterocycles. The molecule has 104 valence electrons. The molecule has 2 aromatic rings. The van der Waals surface area contributed by atoms with E-state index in [1.807, 2.05) is 0 Å². The van der Waals surface area contributed by atoms with E-state index >= 15 is 0 Å². The Morgan fingerprint density at radius 2 is 1.55 bits per heavy atom. The van der Waals surface area contributed by atoms with Crippen molar-refractivity contribution in [2.75, 3.05) is 0 Å². The van der Waals surface area contributed by atoms with Crippen LogP contribution in [-0.2, 0) is 6.18 Å². The topological polar surface area (TPSA) is 17.1 Å². The van der Waals surface area contributed by atoms with Crippen LogP contribution in [0.15, 0.2) is 42.5 Å². The van der Waals surface area contributed by atoms with Gasteiger partial charge in [0, 0.05) is 5.56 Å². The van der Waals surface area contributed by atoms with Crippen molar-refractivity contribution >= 4 is 5.78 Å². The summed E-state index contributed by atoms with van der Waals surface area (Å²) in [7, 11) is 0. The van der Waals surface area contributed by atoms with Crippen LogP contribution in [0.5, 0.6) is 0 Å². The molecule has 2 rings (SSSR count). The van der Waals surface area contributed by atoms with Gasteiger partial charge in [-0.15, -0.1) is 0 Å². The number of alkyl halides is 3. The summed E-state index contributed by atoms with van der Waals surface area (Å²) in [5.41, 5.74) is -2.35. The molecule has 6 heteroatoms. The van der Waals surface area contributed by atoms with Gasteiger partial charge in [0.05, 0.1) is 11.1 Å². The lowest BCUT2D eigenvalue weighted by Gasteiger charge is -2.10. The first-order valence-electron chi connectivity index (χ1n) is 5.46. The fourth-order valence-corrected chi connectivity index (χ4v) is 1.68. The molecule has 0 saturated carbocycles. The SMILES string of the molecule is O=C(c1ccc(F)c(C(F)(F)F)c1)c1ccccc1F. The highest BCUT2D eigenvalue weighted by molar-refractivity contribution is 6.09. The van der Waals surface area contributed by atoms with Crippen LogP contribution in [0.25, 0.3) is 0 Å². The van der Waals surface area contributed by atoms with Gasteiger partial charge in [0.2, 0.25) is 0 Å². The van der Waals surface area contributed by atoms with Crippen LogP contribution in [0.1, 0.15) is 21.5 Å². The molecule has 0 bridgehead atoms. The van der Waals surface area contributed by atoms with Crippen molar-refractivity contribution in [2.24, 2.45) is 0 Å². The van der Waals surface area contributed by atoms with Crippen molar-refractivity contribution < 1.29 is 26.7 Å². The first-order valence-corrected chi connectivity index (χ1v) is 5.46. The molecule has 2 aromatic carbocycles. The summed E-state index contributed by atoms with van der Waals surface area (Å²) in [6.45, 7) is 0. The smallest absolute Gasteiger partial charge is 0.288 e. The summed E-state index contributed by atoms with van der Waals surface area (Å²) >= 11 is 0. The number of rotatable bonds is 2. The minimum Gasteiger partial charge on any atom is -0.288 e. The highest BCUT2D eigenvalue weighted by Crippen LogP contribution is 2.32. The first kappa shape index (κ1) is 14.2. The third-order valence-corrected chi connectivity index (χ3v) is 2.65. The van der Waals surface area contributed by atoms with Crippen molar-refractivity contribution in [1.29, 1.82) is 0 Å². The molecule has 0 aliphatic rings. The Bertz CT molecular complexity index is 661. The van der Waals surface area contributed by atoms with Gasteiger partial charge in [0.15, 0.2) is 5.78 Å². The van der Waals surface area contributed by atoms with E-state index in [0.29, 0.717) is 12.1 Å². The molecule has 0 atom stereocenters. The molecule has 0 radical (unpaired) electrons. The van der Waals surface area contributed by atoms with E-state index in [1.54, 1.807) is 0 Å². The maximum atomic E-state index is 13.4. The molecular weight excluding hydrogens is 279 g/mol. The predicted molar refractivity (Wildman–Crippen MR) is 61.2 cm³/mol. The Hall–Kier alpha value is -2.24. The second-order valence-electron chi connectivity index (χ2n) is 4.00. The highest BCUT2D eigenvalue weighted by Gasteiger charge is 2.34. The van der Waals surface area contributed by atoms with Crippen LogP contribution < -0.4 is 0 Å². The molecule has 0 unspecified atom stereocenters. The lowest BCUT2D eigenvalue weighted by atomic mass is 10.0. The summed E-state index contributed by atoms with van der Waals surface area (Å²) < 4.78 is 64.2. The summed E-state index contributed by atoms with van der Waals surface area (Å²) in [6, 6.07) is 6.69. The zero-order chi connectivity index (χ0) is 14.9. The van der Waals surface area contributed by atoms with Crippen molar-refractivity contribution in [3.05, 3.63) is 70.8 Å². The van der Waals surface area contributed by atoms with Gasteiger partial charge < -0.3 is 0 Å². The summed E-state index contributed by atoms with van der Waals surface area (Å²) in [5.74, 6) is -3.27. The number of halogens is 5. The van der Waals surface area contributed by atoms with Crippen LogP contribution in [0, 0.1) is 11.6 Å². The van der Waals surface area contributed by atoms with E-state index in [0.717, 1.165) is 18.2 Å². The molecule has 0 N–H and O–H groups in total. The van der Waals surface area contributed by atoms with Crippen LogP contribution in [0.4, 0.5) is 22.0 Å². The van der Waals surface area contributed by atoms with Crippen molar-refractivity contribution in [2.45, 2.75) is 6.18 Å². The molecule has 0 amide bonds. The fourth-order valence-electron chi connectivity index (χ4n) is 1.68. The van der Waals surface area contributed by atoms with E-state index in [2.05, 4.69) is 0 Å². The highest BCUT2D eigenvalue weighted by atomic mass is 19.4. The van der Waals surface area contributed by atoms with Crippen molar-refractivity contribution in [3.8, 4) is 0 Å². The molecule has 0 fully saturated rings. The number of benzene rings is 2. The van der Waals surface area contributed by atoms with E-state index in [-0.39, 0.29) is 5.56 Å². The Morgan fingerprint density at radius 1 is 0.900 bits per heavy atom. The largest absolute Gasteiger partial charge is 0.419 e. The van der Waals surface area contributed by atoms with Gasteiger partial charge in [0.25, 0.3) is 0 Å².